The van der Waals surface area contributed by atoms with Gasteiger partial charge in [-0.1, -0.05) is 37.3 Å². The number of piperidine rings is 1. The monoisotopic (exact) mass is 327 g/mol. The van der Waals surface area contributed by atoms with E-state index in [1.165, 1.54) is 4.31 Å². The van der Waals surface area contributed by atoms with E-state index in [4.69, 9.17) is 18.0 Å². The molecule has 0 bridgehead atoms. The highest BCUT2D eigenvalue weighted by Crippen LogP contribution is 2.18. The molecule has 7 heteroatoms. The number of hydrogen-bond donors (Lipinski definition) is 2. The first kappa shape index (κ1) is 16.4. The molecule has 1 heterocycles. The smallest absolute Gasteiger partial charge is 0.279 e. The maximum atomic E-state index is 12.3. The van der Waals surface area contributed by atoms with Gasteiger partial charge in [0.1, 0.15) is 4.99 Å². The zero-order valence-corrected chi connectivity index (χ0v) is 13.7. The predicted molar refractivity (Wildman–Crippen MR) is 88.1 cm³/mol. The van der Waals surface area contributed by atoms with Gasteiger partial charge in [0.15, 0.2) is 0 Å². The molecule has 1 fully saturated rings. The lowest BCUT2D eigenvalue weighted by atomic mass is 10.0. The topological polar surface area (TPSA) is 75.4 Å². The fraction of sp³-hybridized carbons (Fsp3) is 0.500. The lowest BCUT2D eigenvalue weighted by Crippen LogP contribution is -2.45. The molecule has 1 aliphatic heterocycles. The molecule has 1 unspecified atom stereocenters. The van der Waals surface area contributed by atoms with E-state index >= 15 is 0 Å². The second-order valence-electron chi connectivity index (χ2n) is 5.50. The third-order valence-electron chi connectivity index (χ3n) is 3.63. The van der Waals surface area contributed by atoms with Gasteiger partial charge in [0.2, 0.25) is 0 Å². The summed E-state index contributed by atoms with van der Waals surface area (Å²) in [5, 5.41) is 0. The van der Waals surface area contributed by atoms with Crippen LogP contribution in [0.3, 0.4) is 0 Å². The molecule has 0 saturated carbocycles. The van der Waals surface area contributed by atoms with Gasteiger partial charge in [-0.05, 0) is 30.4 Å². The Balaban J connectivity index is 2.01. The van der Waals surface area contributed by atoms with E-state index < -0.39 is 10.2 Å². The molecule has 0 amide bonds. The van der Waals surface area contributed by atoms with E-state index in [-0.39, 0.29) is 6.54 Å². The normalized spacial score (nSPS) is 20.3. The summed E-state index contributed by atoms with van der Waals surface area (Å²) in [6, 6.07) is 7.29. The van der Waals surface area contributed by atoms with E-state index in [1.807, 2.05) is 24.3 Å². The van der Waals surface area contributed by atoms with Crippen LogP contribution in [-0.2, 0) is 16.8 Å². The van der Waals surface area contributed by atoms with Crippen LogP contribution in [0.15, 0.2) is 24.3 Å². The van der Waals surface area contributed by atoms with Crippen molar-refractivity contribution in [1.29, 1.82) is 0 Å². The minimum absolute atomic E-state index is 0.240. The van der Waals surface area contributed by atoms with Gasteiger partial charge in [-0.25, -0.2) is 0 Å². The maximum Gasteiger partial charge on any atom is 0.279 e. The summed E-state index contributed by atoms with van der Waals surface area (Å²) in [5.74, 6) is 0.410. The highest BCUT2D eigenvalue weighted by molar-refractivity contribution is 7.87. The zero-order chi connectivity index (χ0) is 15.5. The van der Waals surface area contributed by atoms with Crippen molar-refractivity contribution >= 4 is 27.4 Å². The Morgan fingerprint density at radius 3 is 2.95 bits per heavy atom. The molecule has 2 rings (SSSR count). The van der Waals surface area contributed by atoms with E-state index in [0.29, 0.717) is 24.0 Å². The van der Waals surface area contributed by atoms with Gasteiger partial charge in [0.25, 0.3) is 10.2 Å². The number of thiocarbonyl (C=S) groups is 1. The number of nitrogens with one attached hydrogen (secondary N) is 1. The predicted octanol–water partition coefficient (Wildman–Crippen LogP) is 1.39. The molecule has 3 N–H and O–H groups in total. The average molecular weight is 327 g/mol. The minimum atomic E-state index is -3.43. The minimum Gasteiger partial charge on any atom is -0.389 e. The summed E-state index contributed by atoms with van der Waals surface area (Å²) in [6.07, 6.45) is 2.00. The standard InChI is InChI=1S/C14H21N3O2S2/c1-11-4-3-7-17(10-11)21(18,19)16-9-12-5-2-6-13(8-12)14(15)20/h2,5-6,8,11,16H,3-4,7,9-10H2,1H3,(H2,15,20). The Bertz CT molecular complexity index is 616. The first-order chi connectivity index (χ1) is 9.88. The molecule has 5 nitrogen and oxygen atoms in total. The summed E-state index contributed by atoms with van der Waals surface area (Å²) in [5.41, 5.74) is 7.17. The van der Waals surface area contributed by atoms with Crippen molar-refractivity contribution in [3.63, 3.8) is 0 Å². The number of rotatable bonds is 5. The van der Waals surface area contributed by atoms with Crippen molar-refractivity contribution in [3.05, 3.63) is 35.4 Å². The number of hydrogen-bond acceptors (Lipinski definition) is 3. The van der Waals surface area contributed by atoms with Crippen molar-refractivity contribution in [3.8, 4) is 0 Å². The van der Waals surface area contributed by atoms with Crippen LogP contribution in [0, 0.1) is 5.92 Å². The maximum absolute atomic E-state index is 12.3. The molecule has 0 spiro atoms. The van der Waals surface area contributed by atoms with Gasteiger partial charge in [0, 0.05) is 25.2 Å². The van der Waals surface area contributed by atoms with Crippen molar-refractivity contribution in [2.24, 2.45) is 11.7 Å². The zero-order valence-electron chi connectivity index (χ0n) is 12.1. The van der Waals surface area contributed by atoms with Crippen molar-refractivity contribution in [2.45, 2.75) is 26.3 Å². The van der Waals surface area contributed by atoms with Crippen LogP contribution < -0.4 is 10.5 Å². The summed E-state index contributed by atoms with van der Waals surface area (Å²) < 4.78 is 28.7. The molecule has 0 radical (unpaired) electrons. The average Bonchev–Trinajstić information content (AvgIpc) is 2.45. The number of nitrogens with zero attached hydrogens (tertiary/aromatic N) is 1. The quantitative estimate of drug-likeness (QED) is 0.801. The fourth-order valence-electron chi connectivity index (χ4n) is 2.46. The van der Waals surface area contributed by atoms with Crippen LogP contribution in [0.1, 0.15) is 30.9 Å². The second kappa shape index (κ2) is 6.83. The van der Waals surface area contributed by atoms with Gasteiger partial charge < -0.3 is 5.73 Å². The van der Waals surface area contributed by atoms with Crippen LogP contribution in [0.5, 0.6) is 0 Å². The SMILES string of the molecule is CC1CCCN(S(=O)(=O)NCc2cccc(C(N)=S)c2)C1. The number of nitrogens with two attached hydrogens (primary N) is 1. The van der Waals surface area contributed by atoms with E-state index in [0.717, 1.165) is 24.0 Å². The molecule has 1 atom stereocenters. The molecular weight excluding hydrogens is 306 g/mol. The van der Waals surface area contributed by atoms with Crippen molar-refractivity contribution in [2.75, 3.05) is 13.1 Å². The molecule has 0 aliphatic carbocycles. The lowest BCUT2D eigenvalue weighted by molar-refractivity contribution is 0.278. The van der Waals surface area contributed by atoms with Crippen LogP contribution in [0.2, 0.25) is 0 Å². The third kappa shape index (κ3) is 4.47. The van der Waals surface area contributed by atoms with E-state index in [9.17, 15) is 8.42 Å². The summed E-state index contributed by atoms with van der Waals surface area (Å²) in [6.45, 7) is 3.49. The van der Waals surface area contributed by atoms with Gasteiger partial charge in [-0.2, -0.15) is 17.4 Å². The summed E-state index contributed by atoms with van der Waals surface area (Å²) in [7, 11) is -3.43. The molecule has 1 aromatic rings. The van der Waals surface area contributed by atoms with Crippen LogP contribution in [-0.4, -0.2) is 30.8 Å². The molecule has 116 valence electrons. The third-order valence-corrected chi connectivity index (χ3v) is 5.39. The highest BCUT2D eigenvalue weighted by Gasteiger charge is 2.26. The molecule has 21 heavy (non-hydrogen) atoms. The van der Waals surface area contributed by atoms with Crippen LogP contribution >= 0.6 is 12.2 Å². The van der Waals surface area contributed by atoms with Gasteiger partial charge >= 0.3 is 0 Å². The summed E-state index contributed by atoms with van der Waals surface area (Å²) in [4.78, 5) is 0.310. The highest BCUT2D eigenvalue weighted by atomic mass is 32.2. The Morgan fingerprint density at radius 1 is 1.52 bits per heavy atom. The Labute approximate surface area is 131 Å². The molecule has 1 saturated heterocycles. The fourth-order valence-corrected chi connectivity index (χ4v) is 3.94. The van der Waals surface area contributed by atoms with Crippen LogP contribution in [0.4, 0.5) is 0 Å². The molecule has 1 aromatic carbocycles. The van der Waals surface area contributed by atoms with E-state index in [1.54, 1.807) is 0 Å². The van der Waals surface area contributed by atoms with Gasteiger partial charge in [-0.15, -0.1) is 0 Å². The number of benzene rings is 1. The van der Waals surface area contributed by atoms with E-state index in [2.05, 4.69) is 11.6 Å². The molecule has 1 aliphatic rings. The largest absolute Gasteiger partial charge is 0.389 e. The Hall–Kier alpha value is -1.02. The van der Waals surface area contributed by atoms with Gasteiger partial charge in [-0.3, -0.25) is 0 Å². The first-order valence-corrected chi connectivity index (χ1v) is 8.87. The molecule has 0 aromatic heterocycles. The van der Waals surface area contributed by atoms with Crippen LogP contribution in [0.25, 0.3) is 0 Å². The Kier molecular flexibility index (Phi) is 5.32. The Morgan fingerprint density at radius 2 is 2.29 bits per heavy atom. The second-order valence-corrected chi connectivity index (χ2v) is 7.69. The first-order valence-electron chi connectivity index (χ1n) is 7.02. The summed E-state index contributed by atoms with van der Waals surface area (Å²) >= 11 is 4.93. The van der Waals surface area contributed by atoms with Gasteiger partial charge in [0.05, 0.1) is 0 Å². The molecular formula is C14H21N3O2S2. The van der Waals surface area contributed by atoms with Crippen molar-refractivity contribution in [1.82, 2.24) is 9.03 Å². The lowest BCUT2D eigenvalue weighted by Gasteiger charge is -2.30. The van der Waals surface area contributed by atoms with Crippen molar-refractivity contribution < 1.29 is 8.42 Å².